The van der Waals surface area contributed by atoms with Crippen LogP contribution in [0.2, 0.25) is 0 Å². The minimum atomic E-state index is -5.08. The largest absolute Gasteiger partial charge is 0.490 e. The van der Waals surface area contributed by atoms with Crippen LogP contribution in [-0.2, 0) is 24.4 Å². The molecule has 1 aliphatic heterocycles. The number of thiophene rings is 1. The molecule has 3 aromatic rings. The zero-order chi connectivity index (χ0) is 19.4. The quantitative estimate of drug-likeness (QED) is 0.724. The maximum Gasteiger partial charge on any atom is 0.490 e. The summed E-state index contributed by atoms with van der Waals surface area (Å²) in [4.78, 5) is 17.3. The Bertz CT molecular complexity index is 873. The highest BCUT2D eigenvalue weighted by Gasteiger charge is 2.38. The third kappa shape index (κ3) is 4.77. The fraction of sp³-hybridized carbons (Fsp3) is 0.294. The van der Waals surface area contributed by atoms with Gasteiger partial charge in [0.2, 0.25) is 0 Å². The second-order valence-corrected chi connectivity index (χ2v) is 6.81. The number of fused-ring (bicyclic) bond motifs is 1. The predicted octanol–water partition coefficient (Wildman–Crippen LogP) is 3.85. The maximum absolute atomic E-state index is 10.6. The number of furan rings is 1. The van der Waals surface area contributed by atoms with E-state index in [1.807, 2.05) is 29.7 Å². The molecule has 0 bridgehead atoms. The second-order valence-electron chi connectivity index (χ2n) is 5.78. The third-order valence-corrected chi connectivity index (χ3v) is 4.78. The van der Waals surface area contributed by atoms with Gasteiger partial charge in [-0.25, -0.2) is 9.78 Å². The molecule has 144 valence electrons. The lowest BCUT2D eigenvalue weighted by molar-refractivity contribution is -0.192. The first-order valence-electron chi connectivity index (χ1n) is 7.97. The highest BCUT2D eigenvalue weighted by atomic mass is 32.1. The second kappa shape index (κ2) is 7.97. The summed E-state index contributed by atoms with van der Waals surface area (Å²) in [5.41, 5.74) is 1.08. The number of rotatable bonds is 3. The van der Waals surface area contributed by atoms with Gasteiger partial charge in [-0.15, -0.1) is 11.3 Å². The van der Waals surface area contributed by atoms with Crippen molar-refractivity contribution in [3.63, 3.8) is 0 Å². The van der Waals surface area contributed by atoms with E-state index in [4.69, 9.17) is 14.3 Å². The van der Waals surface area contributed by atoms with Crippen LogP contribution >= 0.6 is 11.3 Å². The van der Waals surface area contributed by atoms with E-state index in [0.717, 1.165) is 43.5 Å². The predicted molar refractivity (Wildman–Crippen MR) is 92.1 cm³/mol. The number of imidazole rings is 1. The van der Waals surface area contributed by atoms with Crippen LogP contribution in [0.3, 0.4) is 0 Å². The number of hydrogen-bond acceptors (Lipinski definition) is 5. The molecule has 0 radical (unpaired) electrons. The van der Waals surface area contributed by atoms with Gasteiger partial charge in [-0.2, -0.15) is 13.2 Å². The summed E-state index contributed by atoms with van der Waals surface area (Å²) in [7, 11) is 0. The molecule has 0 unspecified atom stereocenters. The standard InChI is InChI=1S/C15H15N3OS.C2HF3O2/c1-4-14(19-7-1)13-9-16-15-11-17(5-6-18(13)15)10-12-3-2-8-20-12;3-2(4,5)1(6)7/h1-4,7-9H,5-6,10-11H2;(H,6,7). The highest BCUT2D eigenvalue weighted by molar-refractivity contribution is 7.09. The van der Waals surface area contributed by atoms with E-state index >= 15 is 0 Å². The van der Waals surface area contributed by atoms with Gasteiger partial charge in [0.15, 0.2) is 5.76 Å². The van der Waals surface area contributed by atoms with Gasteiger partial charge < -0.3 is 14.1 Å². The number of nitrogens with zero attached hydrogens (tertiary/aromatic N) is 3. The molecular formula is C17H16F3N3O3S. The molecule has 0 fully saturated rings. The molecule has 4 heterocycles. The summed E-state index contributed by atoms with van der Waals surface area (Å²) in [6, 6.07) is 8.21. The topological polar surface area (TPSA) is 71.5 Å². The van der Waals surface area contributed by atoms with Crippen LogP contribution in [0.4, 0.5) is 13.2 Å². The normalized spacial score (nSPS) is 14.3. The van der Waals surface area contributed by atoms with Crippen molar-refractivity contribution < 1.29 is 27.5 Å². The van der Waals surface area contributed by atoms with Gasteiger partial charge in [-0.3, -0.25) is 4.90 Å². The molecule has 6 nitrogen and oxygen atoms in total. The summed E-state index contributed by atoms with van der Waals surface area (Å²) >= 11 is 1.82. The van der Waals surface area contributed by atoms with Crippen molar-refractivity contribution in [1.29, 1.82) is 0 Å². The Morgan fingerprint density at radius 2 is 2.07 bits per heavy atom. The van der Waals surface area contributed by atoms with Crippen molar-refractivity contribution in [3.8, 4) is 11.5 Å². The Morgan fingerprint density at radius 3 is 2.67 bits per heavy atom. The van der Waals surface area contributed by atoms with Gasteiger partial charge >= 0.3 is 12.1 Å². The van der Waals surface area contributed by atoms with Crippen LogP contribution in [0.5, 0.6) is 0 Å². The van der Waals surface area contributed by atoms with Gasteiger partial charge in [-0.05, 0) is 23.6 Å². The van der Waals surface area contributed by atoms with Gasteiger partial charge in [0.05, 0.1) is 19.0 Å². The van der Waals surface area contributed by atoms with Gasteiger partial charge in [0, 0.05) is 24.5 Å². The van der Waals surface area contributed by atoms with Crippen molar-refractivity contribution in [1.82, 2.24) is 14.5 Å². The van der Waals surface area contributed by atoms with Crippen molar-refractivity contribution in [2.24, 2.45) is 0 Å². The van der Waals surface area contributed by atoms with Gasteiger partial charge in [0.1, 0.15) is 11.5 Å². The van der Waals surface area contributed by atoms with Crippen LogP contribution in [0.15, 0.2) is 46.5 Å². The molecule has 1 aliphatic rings. The molecule has 0 spiro atoms. The smallest absolute Gasteiger partial charge is 0.475 e. The van der Waals surface area contributed by atoms with E-state index in [9.17, 15) is 13.2 Å². The van der Waals surface area contributed by atoms with E-state index in [-0.39, 0.29) is 0 Å². The minimum absolute atomic E-state index is 0.899. The van der Waals surface area contributed by atoms with E-state index < -0.39 is 12.1 Å². The highest BCUT2D eigenvalue weighted by Crippen LogP contribution is 2.25. The molecule has 0 amide bonds. The average molecular weight is 399 g/mol. The zero-order valence-corrected chi connectivity index (χ0v) is 14.8. The number of carboxylic acids is 1. The van der Waals surface area contributed by atoms with E-state index in [0.29, 0.717) is 0 Å². The molecule has 0 saturated carbocycles. The zero-order valence-electron chi connectivity index (χ0n) is 14.0. The van der Waals surface area contributed by atoms with Crippen molar-refractivity contribution >= 4 is 17.3 Å². The van der Waals surface area contributed by atoms with E-state index in [1.54, 1.807) is 6.26 Å². The molecule has 3 aromatic heterocycles. The minimum Gasteiger partial charge on any atom is -0.475 e. The number of aromatic nitrogens is 2. The number of halogens is 3. The first-order chi connectivity index (χ1) is 12.8. The number of hydrogen-bond donors (Lipinski definition) is 1. The van der Waals surface area contributed by atoms with Crippen molar-refractivity contribution in [2.75, 3.05) is 6.54 Å². The van der Waals surface area contributed by atoms with Crippen LogP contribution < -0.4 is 0 Å². The van der Waals surface area contributed by atoms with Crippen molar-refractivity contribution in [2.45, 2.75) is 25.8 Å². The maximum atomic E-state index is 10.6. The molecule has 10 heteroatoms. The summed E-state index contributed by atoms with van der Waals surface area (Å²) in [6.45, 7) is 3.94. The average Bonchev–Trinajstić information content (AvgIpc) is 3.35. The summed E-state index contributed by atoms with van der Waals surface area (Å²) in [5.74, 6) is -0.734. The molecule has 27 heavy (non-hydrogen) atoms. The summed E-state index contributed by atoms with van der Waals surface area (Å²) in [5, 5.41) is 9.26. The Labute approximate surface area is 156 Å². The lowest BCUT2D eigenvalue weighted by atomic mass is 10.3. The van der Waals surface area contributed by atoms with Crippen LogP contribution in [-0.4, -0.2) is 38.2 Å². The van der Waals surface area contributed by atoms with Gasteiger partial charge in [-0.1, -0.05) is 6.07 Å². The SMILES string of the molecule is O=C(O)C(F)(F)F.c1coc(-c2cnc3n2CCN(Cc2cccs2)C3)c1. The van der Waals surface area contributed by atoms with Crippen LogP contribution in [0.25, 0.3) is 11.5 Å². The van der Waals surface area contributed by atoms with E-state index in [1.165, 1.54) is 4.88 Å². The van der Waals surface area contributed by atoms with E-state index in [2.05, 4.69) is 32.0 Å². The molecule has 0 aromatic carbocycles. The Hall–Kier alpha value is -2.59. The molecule has 1 N–H and O–H groups in total. The Morgan fingerprint density at radius 1 is 1.30 bits per heavy atom. The lowest BCUT2D eigenvalue weighted by Crippen LogP contribution is -2.33. The molecule has 0 saturated heterocycles. The number of carbonyl (C=O) groups is 1. The molecule has 0 aliphatic carbocycles. The number of alkyl halides is 3. The monoisotopic (exact) mass is 399 g/mol. The fourth-order valence-corrected chi connectivity index (χ4v) is 3.44. The summed E-state index contributed by atoms with van der Waals surface area (Å²) in [6.07, 6.45) is -1.45. The van der Waals surface area contributed by atoms with Crippen molar-refractivity contribution in [3.05, 3.63) is 52.8 Å². The first kappa shape index (κ1) is 19.2. The Kier molecular flexibility index (Phi) is 5.66. The van der Waals surface area contributed by atoms with Gasteiger partial charge in [0.25, 0.3) is 0 Å². The lowest BCUT2D eigenvalue weighted by Gasteiger charge is -2.27. The molecule has 0 atom stereocenters. The Balaban J connectivity index is 0.000000260. The fourth-order valence-electron chi connectivity index (χ4n) is 2.69. The third-order valence-electron chi connectivity index (χ3n) is 3.92. The molecule has 4 rings (SSSR count). The van der Waals surface area contributed by atoms with Crippen LogP contribution in [0.1, 0.15) is 10.7 Å². The summed E-state index contributed by atoms with van der Waals surface area (Å²) < 4.78 is 39.5. The molecular weight excluding hydrogens is 383 g/mol. The first-order valence-corrected chi connectivity index (χ1v) is 8.85. The number of carboxylic acid groups (broad SMARTS) is 1. The van der Waals surface area contributed by atoms with Crippen LogP contribution in [0, 0.1) is 0 Å². The number of aliphatic carboxylic acids is 1.